The van der Waals surface area contributed by atoms with E-state index in [4.69, 9.17) is 0 Å². The summed E-state index contributed by atoms with van der Waals surface area (Å²) in [7, 11) is 0. The molecule has 0 unspecified atom stereocenters. The van der Waals surface area contributed by atoms with Gasteiger partial charge in [0, 0.05) is 18.4 Å². The summed E-state index contributed by atoms with van der Waals surface area (Å²) in [6, 6.07) is 7.86. The number of rotatable bonds is 3. The lowest BCUT2D eigenvalue weighted by molar-refractivity contribution is 0.101. The van der Waals surface area contributed by atoms with E-state index in [-0.39, 0.29) is 5.91 Å². The molecule has 1 saturated carbocycles. The van der Waals surface area contributed by atoms with Crippen LogP contribution in [0.5, 0.6) is 0 Å². The van der Waals surface area contributed by atoms with E-state index in [0.29, 0.717) is 22.0 Å². The minimum absolute atomic E-state index is 0.0967. The van der Waals surface area contributed by atoms with Crippen molar-refractivity contribution in [1.29, 1.82) is 0 Å². The van der Waals surface area contributed by atoms with Crippen molar-refractivity contribution >= 4 is 27.5 Å². The quantitative estimate of drug-likeness (QED) is 0.885. The Morgan fingerprint density at radius 2 is 2.22 bits per heavy atom. The highest BCUT2D eigenvalue weighted by Crippen LogP contribution is 2.36. The lowest BCUT2D eigenvalue weighted by atomic mass is 10.3. The van der Waals surface area contributed by atoms with E-state index in [1.165, 1.54) is 0 Å². The zero-order chi connectivity index (χ0) is 12.5. The fraction of sp³-hybridized carbons (Fsp3) is 0.231. The molecule has 0 spiro atoms. The van der Waals surface area contributed by atoms with Crippen molar-refractivity contribution < 1.29 is 4.79 Å². The van der Waals surface area contributed by atoms with Gasteiger partial charge in [0.15, 0.2) is 0 Å². The van der Waals surface area contributed by atoms with Crippen LogP contribution in [0.2, 0.25) is 0 Å². The summed E-state index contributed by atoms with van der Waals surface area (Å²) in [5.74, 6) is -0.0967. The fourth-order valence-corrected chi connectivity index (χ4v) is 2.27. The molecule has 0 aliphatic heterocycles. The van der Waals surface area contributed by atoms with Gasteiger partial charge in [-0.15, -0.1) is 0 Å². The molecule has 0 atom stereocenters. The third-order valence-electron chi connectivity index (χ3n) is 2.96. The van der Waals surface area contributed by atoms with E-state index in [1.807, 2.05) is 29.0 Å². The molecule has 18 heavy (non-hydrogen) atoms. The van der Waals surface area contributed by atoms with Gasteiger partial charge in [0.05, 0.1) is 5.69 Å². The molecule has 3 rings (SSSR count). The number of carbonyl (C=O) groups excluding carboxylic acids is 1. The second-order valence-electron chi connectivity index (χ2n) is 4.33. The van der Waals surface area contributed by atoms with Crippen molar-refractivity contribution in [2.24, 2.45) is 0 Å². The van der Waals surface area contributed by atoms with Gasteiger partial charge in [0.1, 0.15) is 10.3 Å². The predicted octanol–water partition coefficient (Wildman–Crippen LogP) is 3.23. The highest BCUT2D eigenvalue weighted by Gasteiger charge is 2.26. The minimum atomic E-state index is -0.0967. The molecular weight excluding hydrogens is 294 g/mol. The summed E-state index contributed by atoms with van der Waals surface area (Å²) in [6.07, 6.45) is 5.95. The van der Waals surface area contributed by atoms with E-state index in [0.717, 1.165) is 12.8 Å². The number of pyridine rings is 1. The van der Waals surface area contributed by atoms with Gasteiger partial charge in [-0.2, -0.15) is 0 Å². The van der Waals surface area contributed by atoms with Gasteiger partial charge >= 0.3 is 0 Å². The molecule has 5 heteroatoms. The van der Waals surface area contributed by atoms with Crippen LogP contribution in [0.15, 0.2) is 41.3 Å². The van der Waals surface area contributed by atoms with E-state index < -0.39 is 0 Å². The number of halogens is 1. The first-order valence-electron chi connectivity index (χ1n) is 5.84. The van der Waals surface area contributed by atoms with Gasteiger partial charge in [-0.1, -0.05) is 0 Å². The number of aromatic nitrogens is 2. The first kappa shape index (κ1) is 11.5. The molecular formula is C13H12BrN3O. The van der Waals surface area contributed by atoms with Crippen LogP contribution >= 0.6 is 15.9 Å². The average Bonchev–Trinajstić information content (AvgIpc) is 3.09. The maximum atomic E-state index is 12.2. The van der Waals surface area contributed by atoms with Crippen molar-refractivity contribution in [3.8, 4) is 0 Å². The summed E-state index contributed by atoms with van der Waals surface area (Å²) in [5.41, 5.74) is 1.39. The molecule has 1 amide bonds. The van der Waals surface area contributed by atoms with Gasteiger partial charge in [-0.05, 0) is 53.0 Å². The van der Waals surface area contributed by atoms with E-state index >= 15 is 0 Å². The van der Waals surface area contributed by atoms with Crippen molar-refractivity contribution in [2.75, 3.05) is 5.32 Å². The monoisotopic (exact) mass is 305 g/mol. The average molecular weight is 306 g/mol. The first-order valence-corrected chi connectivity index (χ1v) is 6.64. The molecule has 92 valence electrons. The zero-order valence-electron chi connectivity index (χ0n) is 9.64. The zero-order valence-corrected chi connectivity index (χ0v) is 11.2. The van der Waals surface area contributed by atoms with Gasteiger partial charge in [-0.25, -0.2) is 4.98 Å². The smallest absolute Gasteiger partial charge is 0.272 e. The molecule has 1 fully saturated rings. The second-order valence-corrected chi connectivity index (χ2v) is 5.08. The lowest BCUT2D eigenvalue weighted by Crippen LogP contribution is -2.16. The Hall–Kier alpha value is -1.62. The maximum Gasteiger partial charge on any atom is 0.272 e. The van der Waals surface area contributed by atoms with Crippen molar-refractivity contribution in [2.45, 2.75) is 18.9 Å². The molecule has 1 N–H and O–H groups in total. The Morgan fingerprint density at radius 3 is 2.94 bits per heavy atom. The number of nitrogens with one attached hydrogen (secondary N) is 1. The molecule has 2 heterocycles. The Morgan fingerprint density at radius 1 is 1.39 bits per heavy atom. The van der Waals surface area contributed by atoms with Gasteiger partial charge in [0.2, 0.25) is 0 Å². The van der Waals surface area contributed by atoms with E-state index in [2.05, 4.69) is 26.2 Å². The fourth-order valence-electron chi connectivity index (χ4n) is 1.92. The van der Waals surface area contributed by atoms with Gasteiger partial charge in [-0.3, -0.25) is 4.79 Å². The second kappa shape index (κ2) is 4.57. The van der Waals surface area contributed by atoms with Crippen LogP contribution < -0.4 is 5.32 Å². The van der Waals surface area contributed by atoms with Gasteiger partial charge < -0.3 is 9.88 Å². The Labute approximate surface area is 113 Å². The third kappa shape index (κ3) is 2.18. The summed E-state index contributed by atoms with van der Waals surface area (Å²) >= 11 is 3.32. The predicted molar refractivity (Wildman–Crippen MR) is 72.6 cm³/mol. The Bertz CT molecular complexity index is 589. The molecule has 0 saturated heterocycles. The Balaban J connectivity index is 1.83. The summed E-state index contributed by atoms with van der Waals surface area (Å²) in [4.78, 5) is 16.3. The first-order chi connectivity index (χ1) is 8.75. The summed E-state index contributed by atoms with van der Waals surface area (Å²) in [5, 5.41) is 2.87. The molecule has 1 aliphatic carbocycles. The van der Waals surface area contributed by atoms with Crippen molar-refractivity contribution in [3.05, 3.63) is 47.0 Å². The number of hydrogen-bond donors (Lipinski definition) is 1. The molecule has 0 bridgehead atoms. The molecule has 0 radical (unpaired) electrons. The summed E-state index contributed by atoms with van der Waals surface area (Å²) in [6.45, 7) is 0. The van der Waals surface area contributed by atoms with Crippen LogP contribution in [-0.4, -0.2) is 15.5 Å². The number of nitrogens with zero attached hydrogens (tertiary/aromatic N) is 2. The SMILES string of the molecule is O=C(Nc1cccnc1Br)c1cccn1C1CC1. The van der Waals surface area contributed by atoms with E-state index in [9.17, 15) is 4.79 Å². The largest absolute Gasteiger partial charge is 0.340 e. The number of carbonyl (C=O) groups is 1. The summed E-state index contributed by atoms with van der Waals surface area (Å²) < 4.78 is 2.68. The van der Waals surface area contributed by atoms with Crippen molar-refractivity contribution in [3.63, 3.8) is 0 Å². The van der Waals surface area contributed by atoms with Gasteiger partial charge in [0.25, 0.3) is 5.91 Å². The van der Waals surface area contributed by atoms with Crippen LogP contribution in [0.3, 0.4) is 0 Å². The minimum Gasteiger partial charge on any atom is -0.340 e. The number of amides is 1. The molecule has 1 aliphatic rings. The Kier molecular flexibility index (Phi) is 2.91. The third-order valence-corrected chi connectivity index (χ3v) is 3.59. The van der Waals surface area contributed by atoms with Crippen molar-refractivity contribution in [1.82, 2.24) is 9.55 Å². The molecule has 0 aromatic carbocycles. The van der Waals surface area contributed by atoms with Crippen LogP contribution in [0.25, 0.3) is 0 Å². The number of anilines is 1. The number of hydrogen-bond acceptors (Lipinski definition) is 2. The van der Waals surface area contributed by atoms with E-state index in [1.54, 1.807) is 12.3 Å². The highest BCUT2D eigenvalue weighted by atomic mass is 79.9. The maximum absolute atomic E-state index is 12.2. The molecule has 4 nitrogen and oxygen atoms in total. The normalized spacial score (nSPS) is 14.5. The standard InChI is InChI=1S/C13H12BrN3O/c14-12-10(3-1-7-15-12)16-13(18)11-4-2-8-17(11)9-5-6-9/h1-4,7-9H,5-6H2,(H,16,18). The topological polar surface area (TPSA) is 46.9 Å². The van der Waals surface area contributed by atoms with Crippen LogP contribution in [0.1, 0.15) is 29.4 Å². The molecule has 2 aromatic rings. The highest BCUT2D eigenvalue weighted by molar-refractivity contribution is 9.10. The molecule has 2 aromatic heterocycles. The van der Waals surface area contributed by atoms with Crippen LogP contribution in [-0.2, 0) is 0 Å². The van der Waals surface area contributed by atoms with Crippen LogP contribution in [0.4, 0.5) is 5.69 Å². The van der Waals surface area contributed by atoms with Crippen LogP contribution in [0, 0.1) is 0 Å². The lowest BCUT2D eigenvalue weighted by Gasteiger charge is -2.09.